The Morgan fingerprint density at radius 2 is 2.06 bits per heavy atom. The zero-order chi connectivity index (χ0) is 13.3. The van der Waals surface area contributed by atoms with Gasteiger partial charge in [-0.25, -0.2) is 9.59 Å². The van der Waals surface area contributed by atoms with Crippen LogP contribution in [0.4, 0.5) is 9.59 Å². The van der Waals surface area contributed by atoms with E-state index in [1.807, 2.05) is 0 Å². The Bertz CT molecular complexity index is 318. The van der Waals surface area contributed by atoms with Gasteiger partial charge in [0.25, 0.3) is 0 Å². The number of ether oxygens (including phenoxy) is 3. The zero-order valence-electron chi connectivity index (χ0n) is 10.8. The Labute approximate surface area is 101 Å². The van der Waals surface area contributed by atoms with Crippen molar-refractivity contribution in [1.82, 2.24) is 5.32 Å². The number of hydrogen-bond donors (Lipinski definition) is 1. The van der Waals surface area contributed by atoms with Crippen molar-refractivity contribution in [3.05, 3.63) is 0 Å². The Balaban J connectivity index is 2.41. The second-order valence-electron chi connectivity index (χ2n) is 5.47. The lowest BCUT2D eigenvalue weighted by Gasteiger charge is -2.24. The van der Waals surface area contributed by atoms with E-state index in [1.165, 1.54) is 0 Å². The minimum Gasteiger partial charge on any atom is -0.441 e. The highest BCUT2D eigenvalue weighted by Gasteiger charge is 2.42. The molecule has 0 aliphatic carbocycles. The normalized spacial score (nSPS) is 22.6. The molecule has 0 aromatic carbocycles. The van der Waals surface area contributed by atoms with Gasteiger partial charge in [0.2, 0.25) is 0 Å². The van der Waals surface area contributed by atoms with E-state index in [1.54, 1.807) is 34.6 Å². The van der Waals surface area contributed by atoms with Gasteiger partial charge in [-0.2, -0.15) is 0 Å². The number of amides is 1. The molecule has 1 atom stereocenters. The van der Waals surface area contributed by atoms with Crippen LogP contribution in [0.1, 0.15) is 34.6 Å². The Kier molecular flexibility index (Phi) is 3.54. The van der Waals surface area contributed by atoms with E-state index >= 15 is 0 Å². The highest BCUT2D eigenvalue weighted by molar-refractivity contribution is 5.71. The van der Waals surface area contributed by atoms with E-state index in [0.717, 1.165) is 0 Å². The molecule has 6 heteroatoms. The summed E-state index contributed by atoms with van der Waals surface area (Å²) in [6.07, 6.45) is -1.26. The monoisotopic (exact) mass is 245 g/mol. The maximum atomic E-state index is 11.3. The largest absolute Gasteiger partial charge is 0.508 e. The fraction of sp³-hybridized carbons (Fsp3) is 0.818. The first-order valence-electron chi connectivity index (χ1n) is 5.45. The number of cyclic esters (lactones) is 1. The van der Waals surface area contributed by atoms with Crippen LogP contribution in [-0.4, -0.2) is 36.1 Å². The summed E-state index contributed by atoms with van der Waals surface area (Å²) in [5, 5.41) is 2.57. The average Bonchev–Trinajstić information content (AvgIpc) is 2.32. The van der Waals surface area contributed by atoms with Crippen molar-refractivity contribution in [2.75, 3.05) is 6.61 Å². The average molecular weight is 245 g/mol. The summed E-state index contributed by atoms with van der Waals surface area (Å²) in [7, 11) is 0. The molecule has 1 aliphatic rings. The molecule has 1 saturated heterocycles. The van der Waals surface area contributed by atoms with Gasteiger partial charge in [-0.05, 0) is 34.6 Å². The first kappa shape index (κ1) is 13.6. The molecule has 0 unspecified atom stereocenters. The maximum Gasteiger partial charge on any atom is 0.508 e. The molecule has 1 fully saturated rings. The van der Waals surface area contributed by atoms with Crippen LogP contribution in [0.2, 0.25) is 0 Å². The van der Waals surface area contributed by atoms with E-state index in [9.17, 15) is 9.59 Å². The third kappa shape index (κ3) is 4.13. The topological polar surface area (TPSA) is 73.9 Å². The first-order chi connectivity index (χ1) is 7.60. The predicted molar refractivity (Wildman–Crippen MR) is 59.7 cm³/mol. The molecule has 1 rings (SSSR count). The van der Waals surface area contributed by atoms with Gasteiger partial charge in [-0.3, -0.25) is 0 Å². The molecule has 1 amide bonds. The quantitative estimate of drug-likeness (QED) is 0.751. The van der Waals surface area contributed by atoms with Crippen LogP contribution in [-0.2, 0) is 14.2 Å². The fourth-order valence-corrected chi connectivity index (χ4v) is 1.33. The van der Waals surface area contributed by atoms with E-state index in [2.05, 4.69) is 5.32 Å². The van der Waals surface area contributed by atoms with Crippen molar-refractivity contribution in [2.45, 2.75) is 51.9 Å². The van der Waals surface area contributed by atoms with Crippen LogP contribution in [0.15, 0.2) is 0 Å². The molecular weight excluding hydrogens is 226 g/mol. The molecule has 0 aromatic heterocycles. The smallest absolute Gasteiger partial charge is 0.441 e. The minimum atomic E-state index is -0.755. The zero-order valence-corrected chi connectivity index (χ0v) is 10.8. The number of alkyl carbamates (subject to hydrolysis) is 1. The minimum absolute atomic E-state index is 0.0215. The van der Waals surface area contributed by atoms with Crippen molar-refractivity contribution < 1.29 is 23.8 Å². The Hall–Kier alpha value is -1.46. The van der Waals surface area contributed by atoms with Gasteiger partial charge in [0.15, 0.2) is 0 Å². The second kappa shape index (κ2) is 4.43. The Morgan fingerprint density at radius 3 is 2.47 bits per heavy atom. The van der Waals surface area contributed by atoms with Gasteiger partial charge in [-0.15, -0.1) is 0 Å². The third-order valence-corrected chi connectivity index (χ3v) is 2.24. The molecule has 0 aromatic rings. The number of carbonyl (C=O) groups excluding carboxylic acids is 2. The SMILES string of the molecule is CC(C)(C)OC(=O)OC[C@@H]1NC(=O)OC1(C)C. The number of carbonyl (C=O) groups is 2. The van der Waals surface area contributed by atoms with Crippen LogP contribution in [0.25, 0.3) is 0 Å². The first-order valence-corrected chi connectivity index (χ1v) is 5.45. The van der Waals surface area contributed by atoms with Crippen LogP contribution in [0.5, 0.6) is 0 Å². The molecular formula is C11H19NO5. The molecule has 17 heavy (non-hydrogen) atoms. The molecule has 0 bridgehead atoms. The van der Waals surface area contributed by atoms with Gasteiger partial charge in [0, 0.05) is 0 Å². The summed E-state index contributed by atoms with van der Waals surface area (Å²) < 4.78 is 14.9. The number of nitrogens with one attached hydrogen (secondary N) is 1. The standard InChI is InChI=1S/C11H19NO5/c1-10(2,3)17-9(14)15-6-7-11(4,5)16-8(13)12-7/h7H,6H2,1-5H3,(H,12,13)/t7-/m0/s1. The van der Waals surface area contributed by atoms with E-state index in [4.69, 9.17) is 14.2 Å². The summed E-state index contributed by atoms with van der Waals surface area (Å²) >= 11 is 0. The summed E-state index contributed by atoms with van der Waals surface area (Å²) in [6.45, 7) is 8.76. The van der Waals surface area contributed by atoms with Gasteiger partial charge in [0.05, 0.1) is 0 Å². The predicted octanol–water partition coefficient (Wildman–Crippen LogP) is 1.83. The summed E-state index contributed by atoms with van der Waals surface area (Å²) in [6, 6.07) is -0.373. The number of rotatable bonds is 2. The summed E-state index contributed by atoms with van der Waals surface area (Å²) in [4.78, 5) is 22.3. The lowest BCUT2D eigenvalue weighted by Crippen LogP contribution is -2.43. The molecule has 1 aliphatic heterocycles. The third-order valence-electron chi connectivity index (χ3n) is 2.24. The van der Waals surface area contributed by atoms with Gasteiger partial charge in [0.1, 0.15) is 23.9 Å². The van der Waals surface area contributed by atoms with Crippen molar-refractivity contribution in [1.29, 1.82) is 0 Å². The molecule has 0 saturated carbocycles. The highest BCUT2D eigenvalue weighted by Crippen LogP contribution is 2.21. The van der Waals surface area contributed by atoms with Gasteiger partial charge < -0.3 is 19.5 Å². The van der Waals surface area contributed by atoms with E-state index in [0.29, 0.717) is 0 Å². The fourth-order valence-electron chi connectivity index (χ4n) is 1.33. The lowest BCUT2D eigenvalue weighted by molar-refractivity contribution is -0.0189. The second-order valence-corrected chi connectivity index (χ2v) is 5.47. The van der Waals surface area contributed by atoms with Crippen molar-refractivity contribution in [3.8, 4) is 0 Å². The highest BCUT2D eigenvalue weighted by atomic mass is 16.7. The van der Waals surface area contributed by atoms with Crippen LogP contribution >= 0.6 is 0 Å². The van der Waals surface area contributed by atoms with E-state index in [-0.39, 0.29) is 12.6 Å². The van der Waals surface area contributed by atoms with Crippen LogP contribution in [0.3, 0.4) is 0 Å². The molecule has 6 nitrogen and oxygen atoms in total. The van der Waals surface area contributed by atoms with Crippen molar-refractivity contribution in [3.63, 3.8) is 0 Å². The van der Waals surface area contributed by atoms with Crippen molar-refractivity contribution in [2.24, 2.45) is 0 Å². The van der Waals surface area contributed by atoms with E-state index < -0.39 is 23.5 Å². The summed E-state index contributed by atoms with van der Waals surface area (Å²) in [5.74, 6) is 0. The Morgan fingerprint density at radius 1 is 1.47 bits per heavy atom. The molecule has 1 N–H and O–H groups in total. The molecule has 1 heterocycles. The van der Waals surface area contributed by atoms with Gasteiger partial charge in [-0.1, -0.05) is 0 Å². The lowest BCUT2D eigenvalue weighted by atomic mass is 10.0. The van der Waals surface area contributed by atoms with Crippen LogP contribution < -0.4 is 5.32 Å². The van der Waals surface area contributed by atoms with Gasteiger partial charge >= 0.3 is 12.2 Å². The molecule has 0 spiro atoms. The summed E-state index contributed by atoms with van der Waals surface area (Å²) in [5.41, 5.74) is -1.29. The molecule has 98 valence electrons. The maximum absolute atomic E-state index is 11.3. The van der Waals surface area contributed by atoms with Crippen LogP contribution in [0, 0.1) is 0 Å². The van der Waals surface area contributed by atoms with Crippen molar-refractivity contribution >= 4 is 12.2 Å². The molecule has 0 radical (unpaired) electrons. The number of hydrogen-bond acceptors (Lipinski definition) is 5.